The van der Waals surface area contributed by atoms with Gasteiger partial charge >= 0.3 is 11.8 Å². The first-order valence-electron chi connectivity index (χ1n) is 4.72. The Morgan fingerprint density at radius 1 is 1.19 bits per heavy atom. The molecule has 8 heteroatoms. The molecule has 0 saturated carbocycles. The smallest absolute Gasteiger partial charge is 0.314 e. The highest BCUT2D eigenvalue weighted by Gasteiger charge is 2.54. The zero-order valence-electron chi connectivity index (χ0n) is 8.08. The van der Waals surface area contributed by atoms with Gasteiger partial charge in [0.2, 0.25) is 0 Å². The van der Waals surface area contributed by atoms with Crippen LogP contribution in [-0.4, -0.2) is 67.0 Å². The van der Waals surface area contributed by atoms with Crippen LogP contribution in [0, 0.1) is 0 Å². The van der Waals surface area contributed by atoms with Crippen LogP contribution in [0.5, 0.6) is 0 Å². The Kier molecular flexibility index (Phi) is 3.07. The highest BCUT2D eigenvalue weighted by Crippen LogP contribution is 2.27. The maximum absolute atomic E-state index is 11.5. The molecule has 16 heavy (non-hydrogen) atoms. The Labute approximate surface area is 105 Å². The summed E-state index contributed by atoms with van der Waals surface area (Å²) < 4.78 is 0.361. The first-order valence-corrected chi connectivity index (χ1v) is 6.25. The van der Waals surface area contributed by atoms with Crippen LogP contribution < -0.4 is 5.32 Å². The molecule has 7 nitrogen and oxygen atoms in total. The molecule has 0 aliphatic carbocycles. The Balaban J connectivity index is 2.35. The number of halogens is 1. The number of fused-ring (bicyclic) bond motifs is 1. The van der Waals surface area contributed by atoms with Crippen molar-refractivity contribution in [3.05, 3.63) is 0 Å². The van der Waals surface area contributed by atoms with Crippen LogP contribution in [0.4, 0.5) is 0 Å². The molecule has 2 saturated heterocycles. The lowest BCUT2D eigenvalue weighted by Crippen LogP contribution is -2.67. The molecule has 2 aliphatic heterocycles. The van der Waals surface area contributed by atoms with Crippen LogP contribution in [0.3, 0.4) is 0 Å². The Morgan fingerprint density at radius 2 is 1.81 bits per heavy atom. The van der Waals surface area contributed by atoms with Crippen molar-refractivity contribution in [3.8, 4) is 0 Å². The van der Waals surface area contributed by atoms with E-state index < -0.39 is 42.3 Å². The fourth-order valence-corrected chi connectivity index (χ4v) is 3.01. The lowest BCUT2D eigenvalue weighted by Gasteiger charge is -2.44. The third-order valence-electron chi connectivity index (χ3n) is 2.94. The molecule has 0 bridgehead atoms. The first kappa shape index (κ1) is 12.0. The van der Waals surface area contributed by atoms with E-state index in [4.69, 9.17) is 0 Å². The average molecular weight is 342 g/mol. The van der Waals surface area contributed by atoms with Crippen LogP contribution >= 0.6 is 22.6 Å². The van der Waals surface area contributed by atoms with Crippen molar-refractivity contribution in [1.29, 1.82) is 0 Å². The average Bonchev–Trinajstić information content (AvgIpc) is 2.55. The molecule has 2 heterocycles. The molecule has 0 aromatic rings. The second-order valence-electron chi connectivity index (χ2n) is 3.82. The van der Waals surface area contributed by atoms with Crippen LogP contribution in [-0.2, 0) is 9.59 Å². The van der Waals surface area contributed by atoms with Crippen molar-refractivity contribution in [2.45, 2.75) is 30.5 Å². The number of piperidine rings is 1. The van der Waals surface area contributed by atoms with Gasteiger partial charge in [0.25, 0.3) is 0 Å². The van der Waals surface area contributed by atoms with Crippen molar-refractivity contribution in [3.63, 3.8) is 0 Å². The Bertz CT molecular complexity index is 338. The summed E-state index contributed by atoms with van der Waals surface area (Å²) in [5.74, 6) is -1.60. The van der Waals surface area contributed by atoms with Crippen molar-refractivity contribution in [1.82, 2.24) is 10.2 Å². The Morgan fingerprint density at radius 3 is 2.38 bits per heavy atom. The number of aliphatic hydroxyl groups is 3. The standard InChI is InChI=1S/C8H11IN2O5/c9-1-2-3(12)4(13)5(14)6-10-7(15)8(16)11(2)6/h2-6,12-14H,1H2,(H,10,15)/t2-,3-,4+,5+,6+/m1/s1. The predicted octanol–water partition coefficient (Wildman–Crippen LogP) is -2.83. The predicted molar refractivity (Wildman–Crippen MR) is 59.5 cm³/mol. The molecule has 5 atom stereocenters. The summed E-state index contributed by atoms with van der Waals surface area (Å²) in [6.07, 6.45) is -4.94. The summed E-state index contributed by atoms with van der Waals surface area (Å²) in [4.78, 5) is 23.8. The maximum Gasteiger partial charge on any atom is 0.314 e. The van der Waals surface area contributed by atoms with Crippen molar-refractivity contribution in [2.24, 2.45) is 0 Å². The van der Waals surface area contributed by atoms with E-state index >= 15 is 0 Å². The van der Waals surface area contributed by atoms with Gasteiger partial charge in [0.1, 0.15) is 24.5 Å². The highest BCUT2D eigenvalue weighted by atomic mass is 127. The normalized spacial score (nSPS) is 43.2. The summed E-state index contributed by atoms with van der Waals surface area (Å²) in [5, 5.41) is 31.2. The monoisotopic (exact) mass is 342 g/mol. The molecule has 2 fully saturated rings. The third kappa shape index (κ3) is 1.51. The molecule has 0 aromatic heterocycles. The summed E-state index contributed by atoms with van der Waals surface area (Å²) in [5.41, 5.74) is 0. The fourth-order valence-electron chi connectivity index (χ4n) is 2.06. The van der Waals surface area contributed by atoms with Crippen LogP contribution in [0.15, 0.2) is 0 Å². The van der Waals surface area contributed by atoms with Crippen molar-refractivity contribution < 1.29 is 24.9 Å². The van der Waals surface area contributed by atoms with Gasteiger partial charge in [-0.3, -0.25) is 9.59 Å². The summed E-state index contributed by atoms with van der Waals surface area (Å²) in [7, 11) is 0. The van der Waals surface area contributed by atoms with Gasteiger partial charge in [-0.05, 0) is 0 Å². The van der Waals surface area contributed by atoms with Gasteiger partial charge in [0.15, 0.2) is 0 Å². The molecule has 2 aliphatic rings. The van der Waals surface area contributed by atoms with Gasteiger partial charge in [0, 0.05) is 4.43 Å². The molecular weight excluding hydrogens is 331 g/mol. The number of amides is 2. The minimum Gasteiger partial charge on any atom is -0.388 e. The lowest BCUT2D eigenvalue weighted by molar-refractivity contribution is -0.166. The number of aliphatic hydroxyl groups excluding tert-OH is 3. The number of carbonyl (C=O) groups excluding carboxylic acids is 2. The van der Waals surface area contributed by atoms with Crippen LogP contribution in [0.2, 0.25) is 0 Å². The summed E-state index contributed by atoms with van der Waals surface area (Å²) in [6, 6.07) is -0.671. The quantitative estimate of drug-likeness (QED) is 0.233. The molecule has 0 aromatic carbocycles. The SMILES string of the molecule is O=C1N[C@@H]2[C@@H](O)[C@@H](O)[C@H](O)[C@@H](CI)N2C1=O. The van der Waals surface area contributed by atoms with Gasteiger partial charge in [-0.15, -0.1) is 0 Å². The molecule has 4 N–H and O–H groups in total. The number of alkyl halides is 1. The van der Waals surface area contributed by atoms with Gasteiger partial charge in [-0.2, -0.15) is 0 Å². The number of nitrogens with one attached hydrogen (secondary N) is 1. The molecule has 2 amide bonds. The van der Waals surface area contributed by atoms with E-state index in [0.717, 1.165) is 4.90 Å². The number of carbonyl (C=O) groups is 2. The molecule has 0 unspecified atom stereocenters. The number of hydrogen-bond acceptors (Lipinski definition) is 5. The van der Waals surface area contributed by atoms with E-state index in [1.807, 2.05) is 22.6 Å². The molecule has 0 radical (unpaired) electrons. The van der Waals surface area contributed by atoms with E-state index in [9.17, 15) is 24.9 Å². The van der Waals surface area contributed by atoms with Crippen LogP contribution in [0.1, 0.15) is 0 Å². The molecule has 90 valence electrons. The van der Waals surface area contributed by atoms with Gasteiger partial charge in [-0.25, -0.2) is 0 Å². The van der Waals surface area contributed by atoms with E-state index in [1.165, 1.54) is 0 Å². The topological polar surface area (TPSA) is 110 Å². The minimum absolute atomic E-state index is 0.361. The molecule has 2 rings (SSSR count). The van der Waals surface area contributed by atoms with Crippen molar-refractivity contribution >= 4 is 34.4 Å². The zero-order valence-corrected chi connectivity index (χ0v) is 10.2. The van der Waals surface area contributed by atoms with E-state index in [-0.39, 0.29) is 0 Å². The molecular formula is C8H11IN2O5. The van der Waals surface area contributed by atoms with Gasteiger partial charge in [-0.1, -0.05) is 22.6 Å². The number of hydrogen-bond donors (Lipinski definition) is 4. The third-order valence-corrected chi connectivity index (χ3v) is 3.84. The first-order chi connectivity index (χ1) is 7.49. The lowest BCUT2D eigenvalue weighted by atomic mass is 9.93. The van der Waals surface area contributed by atoms with Crippen LogP contribution in [0.25, 0.3) is 0 Å². The number of nitrogens with zero attached hydrogens (tertiary/aromatic N) is 1. The zero-order chi connectivity index (χ0) is 12.0. The second-order valence-corrected chi connectivity index (χ2v) is 4.70. The second kappa shape index (κ2) is 4.09. The maximum atomic E-state index is 11.5. The largest absolute Gasteiger partial charge is 0.388 e. The highest BCUT2D eigenvalue weighted by molar-refractivity contribution is 14.1. The van der Waals surface area contributed by atoms with Gasteiger partial charge in [0.05, 0.1) is 6.04 Å². The summed E-state index contributed by atoms with van der Waals surface area (Å²) >= 11 is 1.95. The summed E-state index contributed by atoms with van der Waals surface area (Å²) in [6.45, 7) is 0. The van der Waals surface area contributed by atoms with E-state index in [1.54, 1.807) is 0 Å². The molecule has 0 spiro atoms. The van der Waals surface area contributed by atoms with E-state index in [2.05, 4.69) is 5.32 Å². The van der Waals surface area contributed by atoms with E-state index in [0.29, 0.717) is 4.43 Å². The van der Waals surface area contributed by atoms with Crippen molar-refractivity contribution in [2.75, 3.05) is 4.43 Å². The minimum atomic E-state index is -1.37. The number of rotatable bonds is 1. The Hall–Kier alpha value is -0.450. The van der Waals surface area contributed by atoms with Gasteiger partial charge < -0.3 is 25.5 Å². The fraction of sp³-hybridized carbons (Fsp3) is 0.750.